The number of rotatable bonds is 8. The summed E-state index contributed by atoms with van der Waals surface area (Å²) in [5.41, 5.74) is 6.67. The third kappa shape index (κ3) is 7.95. The first-order chi connectivity index (χ1) is 9.95. The number of nitrogens with two attached hydrogens (primary N) is 1. The zero-order valence-corrected chi connectivity index (χ0v) is 16.1. The Hall–Kier alpha value is -0.870. The van der Waals surface area contributed by atoms with Crippen LogP contribution in [-0.4, -0.2) is 34.0 Å². The molecule has 0 aromatic heterocycles. The Morgan fingerprint density at radius 2 is 1.86 bits per heavy atom. The Bertz CT molecular complexity index is 559. The first kappa shape index (κ1) is 21.1. The van der Waals surface area contributed by atoms with Crippen LogP contribution < -0.4 is 15.8 Å². The van der Waals surface area contributed by atoms with Crippen LogP contribution in [0.15, 0.2) is 34.2 Å². The number of guanidine groups is 1. The van der Waals surface area contributed by atoms with Gasteiger partial charge in [-0.1, -0.05) is 31.0 Å². The van der Waals surface area contributed by atoms with E-state index >= 15 is 0 Å². The number of sulfonamides is 1. The highest BCUT2D eigenvalue weighted by atomic mass is 127. The minimum atomic E-state index is -3.47. The molecular weight excluding hydrogens is 415 g/mol. The summed E-state index contributed by atoms with van der Waals surface area (Å²) in [7, 11) is -3.47. The van der Waals surface area contributed by atoms with Crippen LogP contribution in [-0.2, 0) is 10.0 Å². The quantitative estimate of drug-likeness (QED) is 0.248. The van der Waals surface area contributed by atoms with Gasteiger partial charge in [-0.15, -0.1) is 24.0 Å². The van der Waals surface area contributed by atoms with Gasteiger partial charge in [0.15, 0.2) is 5.96 Å². The molecule has 0 saturated carbocycles. The Kier molecular flexibility index (Phi) is 10.4. The van der Waals surface area contributed by atoms with Gasteiger partial charge in [-0.05, 0) is 25.5 Å². The summed E-state index contributed by atoms with van der Waals surface area (Å²) < 4.78 is 26.5. The molecule has 0 amide bonds. The van der Waals surface area contributed by atoms with Gasteiger partial charge in [0.2, 0.25) is 10.0 Å². The fourth-order valence-electron chi connectivity index (χ4n) is 1.59. The summed E-state index contributed by atoms with van der Waals surface area (Å²) in [5, 5.41) is 2.88. The second-order valence-corrected chi connectivity index (χ2v) is 6.53. The number of nitrogens with zero attached hydrogens (tertiary/aromatic N) is 1. The van der Waals surface area contributed by atoms with E-state index in [0.29, 0.717) is 19.0 Å². The van der Waals surface area contributed by atoms with Crippen molar-refractivity contribution in [2.45, 2.75) is 31.6 Å². The highest BCUT2D eigenvalue weighted by Gasteiger charge is 2.12. The van der Waals surface area contributed by atoms with Crippen molar-refractivity contribution >= 4 is 40.0 Å². The topological polar surface area (TPSA) is 96.6 Å². The van der Waals surface area contributed by atoms with Crippen LogP contribution in [0.4, 0.5) is 0 Å². The average molecular weight is 440 g/mol. The summed E-state index contributed by atoms with van der Waals surface area (Å²) in [6.07, 6.45) is 2.05. The van der Waals surface area contributed by atoms with Gasteiger partial charge < -0.3 is 11.1 Å². The molecule has 0 bridgehead atoms. The van der Waals surface area contributed by atoms with E-state index in [4.69, 9.17) is 5.73 Å². The summed E-state index contributed by atoms with van der Waals surface area (Å²) in [6, 6.07) is 6.72. The maximum Gasteiger partial charge on any atom is 0.240 e. The van der Waals surface area contributed by atoms with Crippen molar-refractivity contribution in [1.82, 2.24) is 10.0 Å². The standard InChI is InChI=1S/C14H24N4O2S.HI/c1-3-4-9-16-14(15)17-10-11-18-21(19,20)13-7-5-12(2)6-8-13;/h5-8,18H,3-4,9-11H2,1-2H3,(H3,15,16,17);1H. The number of nitrogens with one attached hydrogen (secondary N) is 2. The third-order valence-electron chi connectivity index (χ3n) is 2.85. The lowest BCUT2D eigenvalue weighted by Gasteiger charge is -2.08. The summed E-state index contributed by atoms with van der Waals surface area (Å²) in [6.45, 7) is 5.32. The lowest BCUT2D eigenvalue weighted by molar-refractivity contribution is 0.580. The van der Waals surface area contributed by atoms with Crippen LogP contribution in [0.25, 0.3) is 0 Å². The van der Waals surface area contributed by atoms with Crippen molar-refractivity contribution in [3.63, 3.8) is 0 Å². The summed E-state index contributed by atoms with van der Waals surface area (Å²) >= 11 is 0. The van der Waals surface area contributed by atoms with Crippen molar-refractivity contribution in [3.05, 3.63) is 29.8 Å². The lowest BCUT2D eigenvalue weighted by Crippen LogP contribution is -2.38. The molecule has 0 aliphatic carbocycles. The average Bonchev–Trinajstić information content (AvgIpc) is 2.44. The molecule has 1 rings (SSSR count). The molecular formula is C14H25IN4O2S. The summed E-state index contributed by atoms with van der Waals surface area (Å²) in [4.78, 5) is 4.38. The van der Waals surface area contributed by atoms with Gasteiger partial charge in [0.05, 0.1) is 4.90 Å². The van der Waals surface area contributed by atoms with E-state index in [-0.39, 0.29) is 35.4 Å². The normalized spacial score (nSPS) is 11.8. The molecule has 0 spiro atoms. The fourth-order valence-corrected chi connectivity index (χ4v) is 2.62. The zero-order chi connectivity index (χ0) is 15.7. The number of aryl methyl sites for hydroxylation is 1. The van der Waals surface area contributed by atoms with Gasteiger partial charge >= 0.3 is 0 Å². The molecule has 126 valence electrons. The predicted octanol–water partition coefficient (Wildman–Crippen LogP) is 1.60. The zero-order valence-electron chi connectivity index (χ0n) is 13.0. The van der Waals surface area contributed by atoms with Crippen LogP contribution in [0, 0.1) is 6.92 Å². The first-order valence-corrected chi connectivity index (χ1v) is 8.54. The van der Waals surface area contributed by atoms with E-state index in [2.05, 4.69) is 22.0 Å². The smallest absolute Gasteiger partial charge is 0.240 e. The van der Waals surface area contributed by atoms with Gasteiger partial charge in [0.25, 0.3) is 0 Å². The first-order valence-electron chi connectivity index (χ1n) is 7.06. The maximum absolute atomic E-state index is 12.0. The fraction of sp³-hybridized carbons (Fsp3) is 0.500. The van der Waals surface area contributed by atoms with Crippen molar-refractivity contribution in [3.8, 4) is 0 Å². The minimum absolute atomic E-state index is 0. The molecule has 22 heavy (non-hydrogen) atoms. The van der Waals surface area contributed by atoms with E-state index in [0.717, 1.165) is 18.4 Å². The van der Waals surface area contributed by atoms with Crippen molar-refractivity contribution in [2.75, 3.05) is 19.6 Å². The number of halogens is 1. The highest BCUT2D eigenvalue weighted by Crippen LogP contribution is 2.09. The second kappa shape index (κ2) is 10.8. The Morgan fingerprint density at radius 3 is 2.45 bits per heavy atom. The van der Waals surface area contributed by atoms with Crippen molar-refractivity contribution in [2.24, 2.45) is 10.7 Å². The summed E-state index contributed by atoms with van der Waals surface area (Å²) in [5.74, 6) is 0.345. The number of aliphatic imine (C=N–C) groups is 1. The molecule has 1 aromatic rings. The van der Waals surface area contributed by atoms with E-state index in [1.54, 1.807) is 24.3 Å². The molecule has 0 atom stereocenters. The maximum atomic E-state index is 12.0. The Balaban J connectivity index is 0.00000441. The molecule has 0 aliphatic heterocycles. The minimum Gasteiger partial charge on any atom is -0.370 e. The lowest BCUT2D eigenvalue weighted by atomic mass is 10.2. The molecule has 0 radical (unpaired) electrons. The van der Waals surface area contributed by atoms with E-state index in [9.17, 15) is 8.42 Å². The molecule has 0 unspecified atom stereocenters. The Labute approximate surface area is 150 Å². The van der Waals surface area contributed by atoms with Crippen LogP contribution in [0.1, 0.15) is 25.3 Å². The molecule has 8 heteroatoms. The van der Waals surface area contributed by atoms with E-state index in [1.807, 2.05) is 6.92 Å². The highest BCUT2D eigenvalue weighted by molar-refractivity contribution is 14.0. The third-order valence-corrected chi connectivity index (χ3v) is 4.33. The largest absolute Gasteiger partial charge is 0.370 e. The predicted molar refractivity (Wildman–Crippen MR) is 101 cm³/mol. The van der Waals surface area contributed by atoms with Crippen molar-refractivity contribution < 1.29 is 8.42 Å². The van der Waals surface area contributed by atoms with E-state index < -0.39 is 10.0 Å². The molecule has 1 aromatic carbocycles. The molecule has 0 fully saturated rings. The van der Waals surface area contributed by atoms with Crippen LogP contribution >= 0.6 is 24.0 Å². The van der Waals surface area contributed by atoms with Crippen LogP contribution in [0.3, 0.4) is 0 Å². The van der Waals surface area contributed by atoms with Gasteiger partial charge in [-0.3, -0.25) is 4.99 Å². The van der Waals surface area contributed by atoms with Gasteiger partial charge in [0.1, 0.15) is 0 Å². The Morgan fingerprint density at radius 1 is 1.23 bits per heavy atom. The van der Waals surface area contributed by atoms with Gasteiger partial charge in [0, 0.05) is 19.6 Å². The van der Waals surface area contributed by atoms with Gasteiger partial charge in [-0.2, -0.15) is 0 Å². The number of unbranched alkanes of at least 4 members (excludes halogenated alkanes) is 1. The van der Waals surface area contributed by atoms with E-state index in [1.165, 1.54) is 0 Å². The number of benzene rings is 1. The second-order valence-electron chi connectivity index (χ2n) is 4.76. The number of hydrogen-bond donors (Lipinski definition) is 3. The molecule has 0 heterocycles. The van der Waals surface area contributed by atoms with Gasteiger partial charge in [-0.25, -0.2) is 13.1 Å². The molecule has 0 saturated heterocycles. The van der Waals surface area contributed by atoms with Crippen LogP contribution in [0.2, 0.25) is 0 Å². The monoisotopic (exact) mass is 440 g/mol. The van der Waals surface area contributed by atoms with Crippen molar-refractivity contribution in [1.29, 1.82) is 0 Å². The van der Waals surface area contributed by atoms with Crippen LogP contribution in [0.5, 0.6) is 0 Å². The SMILES string of the molecule is CCCCN=C(N)NCCNS(=O)(=O)c1ccc(C)cc1.I. The molecule has 0 aliphatic rings. The molecule has 6 nitrogen and oxygen atoms in total. The molecule has 4 N–H and O–H groups in total. The number of hydrogen-bond acceptors (Lipinski definition) is 3.